The Kier molecular flexibility index (Phi) is 11.2. The second-order valence-electron chi connectivity index (χ2n) is 22.4. The van der Waals surface area contributed by atoms with E-state index in [-0.39, 0.29) is 0 Å². The zero-order valence-electron chi connectivity index (χ0n) is 40.8. The van der Waals surface area contributed by atoms with Crippen LogP contribution in [0.3, 0.4) is 0 Å². The van der Waals surface area contributed by atoms with Crippen molar-refractivity contribution in [3.05, 3.63) is 150 Å². The van der Waals surface area contributed by atoms with Crippen LogP contribution in [0.5, 0.6) is 0 Å². The Labute approximate surface area is 408 Å². The molecule has 5 heteroatoms. The van der Waals surface area contributed by atoms with E-state index in [9.17, 15) is 5.26 Å². The second kappa shape index (κ2) is 17.5. The lowest BCUT2D eigenvalue weighted by atomic mass is 9.53. The van der Waals surface area contributed by atoms with Crippen molar-refractivity contribution in [1.82, 2.24) is 15.0 Å². The van der Waals surface area contributed by atoms with E-state index in [1.165, 1.54) is 105 Å². The van der Waals surface area contributed by atoms with Crippen LogP contribution in [0.2, 0.25) is 0 Å². The lowest BCUT2D eigenvalue weighted by Crippen LogP contribution is -2.43. The van der Waals surface area contributed by atoms with Gasteiger partial charge < -0.3 is 4.42 Å². The molecule has 8 atom stereocenters. The molecule has 2 aromatic heterocycles. The summed E-state index contributed by atoms with van der Waals surface area (Å²) in [5, 5.41) is 11.5. The molecule has 0 N–H and O–H groups in total. The summed E-state index contributed by atoms with van der Waals surface area (Å²) in [6, 6.07) is 50.4. The largest absolute Gasteiger partial charge is 0.455 e. The molecule has 346 valence electrons. The van der Waals surface area contributed by atoms with Crippen molar-refractivity contribution in [2.24, 2.45) is 35.5 Å². The molecule has 0 amide bonds. The van der Waals surface area contributed by atoms with Crippen LogP contribution < -0.4 is 0 Å². The smallest absolute Gasteiger partial charge is 0.167 e. The van der Waals surface area contributed by atoms with Crippen molar-refractivity contribution < 1.29 is 4.42 Å². The summed E-state index contributed by atoms with van der Waals surface area (Å²) >= 11 is 0. The molecule has 5 nitrogen and oxygen atoms in total. The van der Waals surface area contributed by atoms with E-state index in [1.807, 2.05) is 30.3 Å². The number of hydrogen-bond acceptors (Lipinski definition) is 5. The Hall–Kier alpha value is -6.38. The lowest BCUT2D eigenvalue weighted by molar-refractivity contribution is 0.0629. The maximum Gasteiger partial charge on any atom is 0.167 e. The van der Waals surface area contributed by atoms with E-state index in [0.29, 0.717) is 39.4 Å². The van der Waals surface area contributed by atoms with Crippen LogP contribution >= 0.6 is 0 Å². The molecule has 4 unspecified atom stereocenters. The molecule has 69 heavy (non-hydrogen) atoms. The molecule has 4 aliphatic carbocycles. The van der Waals surface area contributed by atoms with Gasteiger partial charge in [-0.25, -0.2) is 15.0 Å². The van der Waals surface area contributed by atoms with Gasteiger partial charge in [-0.05, 0) is 168 Å². The molecule has 12 rings (SSSR count). The molecule has 0 aliphatic heterocycles. The van der Waals surface area contributed by atoms with Gasteiger partial charge in [0, 0.05) is 21.9 Å². The van der Waals surface area contributed by atoms with E-state index in [1.54, 1.807) is 11.6 Å². The van der Waals surface area contributed by atoms with Crippen molar-refractivity contribution in [2.45, 2.75) is 116 Å². The number of benzene rings is 6. The fourth-order valence-corrected chi connectivity index (χ4v) is 14.8. The minimum Gasteiger partial charge on any atom is -0.455 e. The predicted molar refractivity (Wildman–Crippen MR) is 281 cm³/mol. The first kappa shape index (κ1) is 43.9. The third-order valence-corrected chi connectivity index (χ3v) is 17.6. The summed E-state index contributed by atoms with van der Waals surface area (Å²) in [5.74, 6) is 6.75. The summed E-state index contributed by atoms with van der Waals surface area (Å²) in [4.78, 5) is 15.5. The van der Waals surface area contributed by atoms with Crippen LogP contribution in [0.15, 0.2) is 138 Å². The molecule has 0 saturated heterocycles. The summed E-state index contributed by atoms with van der Waals surface area (Å²) in [6.45, 7) is 9.73. The van der Waals surface area contributed by atoms with Gasteiger partial charge >= 0.3 is 0 Å². The highest BCUT2D eigenvalue weighted by Crippen LogP contribution is 2.56. The standard InChI is InChI=1S/C64H64N4O/c1-5-42-30-46-31-43(6-2)36-64(35-42,38-46)54-25-21-50(22-26-54)48-13-17-52(18-14-48)61-66-60(67-62(68-61)56-9-7-8-55-57-32-44(39-65)10-27-58(57)69-59(55)56)51-15-11-47(12-16-51)49-19-23-53(24-20-49)63-33-40(3)28-45(37-63)29-41(4)34-63/h7-27,32,40-43,45-46H,5-6,28-31,33-38H2,1-4H3/t40-,41+,42-,43+,45?,46?,63?,64?. The highest BCUT2D eigenvalue weighted by Gasteiger charge is 2.47. The molecule has 8 aromatic rings. The highest BCUT2D eigenvalue weighted by atomic mass is 16.3. The van der Waals surface area contributed by atoms with Crippen molar-refractivity contribution in [2.75, 3.05) is 0 Å². The molecule has 2 heterocycles. The zero-order valence-corrected chi connectivity index (χ0v) is 40.8. The van der Waals surface area contributed by atoms with Gasteiger partial charge in [-0.1, -0.05) is 150 Å². The van der Waals surface area contributed by atoms with Crippen LogP contribution in [0.4, 0.5) is 0 Å². The topological polar surface area (TPSA) is 75.6 Å². The second-order valence-corrected chi connectivity index (χ2v) is 22.4. The number of para-hydroxylation sites is 1. The van der Waals surface area contributed by atoms with E-state index in [4.69, 9.17) is 19.4 Å². The first-order valence-electron chi connectivity index (χ1n) is 26.2. The average molecular weight is 905 g/mol. The normalized spacial score (nSPS) is 26.5. The van der Waals surface area contributed by atoms with Crippen molar-refractivity contribution in [3.63, 3.8) is 0 Å². The summed E-state index contributed by atoms with van der Waals surface area (Å²) in [7, 11) is 0. The van der Waals surface area contributed by atoms with Crippen LogP contribution in [0.1, 0.15) is 121 Å². The molecular weight excluding hydrogens is 841 g/mol. The molecule has 0 spiro atoms. The van der Waals surface area contributed by atoms with Crippen molar-refractivity contribution in [3.8, 4) is 62.5 Å². The summed E-state index contributed by atoms with van der Waals surface area (Å²) in [6.07, 6.45) is 16.2. The number of furan rings is 1. The van der Waals surface area contributed by atoms with Gasteiger partial charge in [0.1, 0.15) is 11.2 Å². The van der Waals surface area contributed by atoms with Gasteiger partial charge in [0.25, 0.3) is 0 Å². The SMILES string of the molecule is CC[C@@H]1CC2C[C@H](CC)CC(c3ccc(-c4ccc(-c5nc(-c6ccc(-c7ccc(C89CC(C[C@@H](C)C8)C[C@H](C)C9)cc7)cc6)nc(-c6cccc7c6oc6ccc(C#N)cc67)n5)cc4)cc3)(C2)C1. The van der Waals surface area contributed by atoms with Gasteiger partial charge in [-0.15, -0.1) is 0 Å². The Morgan fingerprint density at radius 2 is 0.971 bits per heavy atom. The van der Waals surface area contributed by atoms with Crippen LogP contribution in [0.25, 0.3) is 78.4 Å². The fourth-order valence-electron chi connectivity index (χ4n) is 14.8. The predicted octanol–water partition coefficient (Wildman–Crippen LogP) is 17.0. The third kappa shape index (κ3) is 8.08. The number of nitriles is 1. The van der Waals surface area contributed by atoms with E-state index >= 15 is 0 Å². The summed E-state index contributed by atoms with van der Waals surface area (Å²) in [5.41, 5.74) is 13.1. The van der Waals surface area contributed by atoms with Gasteiger partial charge in [0.15, 0.2) is 17.5 Å². The van der Waals surface area contributed by atoms with Crippen molar-refractivity contribution >= 4 is 21.9 Å². The van der Waals surface area contributed by atoms with Gasteiger partial charge in [0.05, 0.1) is 17.2 Å². The Morgan fingerprint density at radius 1 is 0.507 bits per heavy atom. The van der Waals surface area contributed by atoms with Gasteiger partial charge in [-0.2, -0.15) is 5.26 Å². The Bertz CT molecular complexity index is 3180. The number of fused-ring (bicyclic) bond motifs is 7. The maximum atomic E-state index is 9.70. The first-order valence-corrected chi connectivity index (χ1v) is 26.2. The molecule has 4 bridgehead atoms. The van der Waals surface area contributed by atoms with Crippen LogP contribution in [-0.2, 0) is 10.8 Å². The monoisotopic (exact) mass is 905 g/mol. The molecule has 4 fully saturated rings. The summed E-state index contributed by atoms with van der Waals surface area (Å²) < 4.78 is 6.52. The Balaban J connectivity index is 0.875. The number of aromatic nitrogens is 3. The fraction of sp³-hybridized carbons (Fsp3) is 0.375. The molecule has 6 aromatic carbocycles. The molecule has 4 saturated carbocycles. The number of hydrogen-bond donors (Lipinski definition) is 0. The minimum atomic E-state index is 0.319. The third-order valence-electron chi connectivity index (χ3n) is 17.6. The first-order chi connectivity index (χ1) is 33.7. The van der Waals surface area contributed by atoms with Gasteiger partial charge in [0.2, 0.25) is 0 Å². The van der Waals surface area contributed by atoms with Crippen LogP contribution in [0, 0.1) is 46.8 Å². The lowest BCUT2D eigenvalue weighted by Gasteiger charge is -2.51. The van der Waals surface area contributed by atoms with E-state index in [0.717, 1.165) is 68.6 Å². The Morgan fingerprint density at radius 3 is 1.48 bits per heavy atom. The maximum absolute atomic E-state index is 9.70. The van der Waals surface area contributed by atoms with Crippen molar-refractivity contribution in [1.29, 1.82) is 5.26 Å². The van der Waals surface area contributed by atoms with Gasteiger partial charge in [-0.3, -0.25) is 0 Å². The quantitative estimate of drug-likeness (QED) is 0.144. The zero-order chi connectivity index (χ0) is 46.9. The minimum absolute atomic E-state index is 0.319. The average Bonchev–Trinajstić information content (AvgIpc) is 3.76. The molecule has 4 aliphatic rings. The molecule has 0 radical (unpaired) electrons. The highest BCUT2D eigenvalue weighted by molar-refractivity contribution is 6.09. The number of rotatable bonds is 9. The number of nitrogens with zero attached hydrogens (tertiary/aromatic N) is 4. The van der Waals surface area contributed by atoms with E-state index in [2.05, 4.69) is 131 Å². The molecular formula is C64H64N4O. The van der Waals surface area contributed by atoms with E-state index < -0.39 is 0 Å². The van der Waals surface area contributed by atoms with Crippen LogP contribution in [-0.4, -0.2) is 15.0 Å².